The number of aromatic nitrogens is 6. The zero-order valence-electron chi connectivity index (χ0n) is 13.4. The minimum atomic E-state index is 0.00363. The second kappa shape index (κ2) is 6.84. The number of nitrogens with zero attached hydrogens (tertiary/aromatic N) is 7. The predicted octanol–water partition coefficient (Wildman–Crippen LogP) is 0.661. The number of hydrogen-bond acceptors (Lipinski definition) is 7. The number of hydrogen-bond donors (Lipinski definition) is 0. The van der Waals surface area contributed by atoms with Crippen LogP contribution in [0.25, 0.3) is 0 Å². The Morgan fingerprint density at radius 1 is 1.48 bits per heavy atom. The van der Waals surface area contributed by atoms with Crippen molar-refractivity contribution in [2.45, 2.75) is 45.6 Å². The fourth-order valence-electron chi connectivity index (χ4n) is 2.78. The van der Waals surface area contributed by atoms with Gasteiger partial charge in [0.25, 0.3) is 0 Å². The van der Waals surface area contributed by atoms with Crippen molar-refractivity contribution in [1.29, 1.82) is 0 Å². The molecule has 0 N–H and O–H groups in total. The SMILES string of the molecule is CC(C)Cc1noc(C2CCCN(C(=O)Cn3cnnn3)C2)n1. The fraction of sp³-hybridized carbons (Fsp3) is 0.714. The van der Waals surface area contributed by atoms with Gasteiger partial charge in [0.1, 0.15) is 12.9 Å². The molecule has 0 radical (unpaired) electrons. The fourth-order valence-corrected chi connectivity index (χ4v) is 2.78. The van der Waals surface area contributed by atoms with Gasteiger partial charge >= 0.3 is 0 Å². The van der Waals surface area contributed by atoms with Crippen LogP contribution in [-0.4, -0.2) is 54.2 Å². The molecular formula is C14H21N7O2. The lowest BCUT2D eigenvalue weighted by Crippen LogP contribution is -2.41. The monoisotopic (exact) mass is 319 g/mol. The van der Waals surface area contributed by atoms with E-state index in [1.807, 2.05) is 4.90 Å². The maximum absolute atomic E-state index is 12.3. The Balaban J connectivity index is 1.61. The largest absolute Gasteiger partial charge is 0.340 e. The Morgan fingerprint density at radius 2 is 2.35 bits per heavy atom. The van der Waals surface area contributed by atoms with Crippen LogP contribution in [0.1, 0.15) is 44.3 Å². The molecule has 1 amide bonds. The van der Waals surface area contributed by atoms with Crippen LogP contribution in [0.4, 0.5) is 0 Å². The molecule has 0 spiro atoms. The molecule has 1 atom stereocenters. The van der Waals surface area contributed by atoms with Gasteiger partial charge in [-0.3, -0.25) is 4.79 Å². The molecule has 1 saturated heterocycles. The minimum absolute atomic E-state index is 0.00363. The van der Waals surface area contributed by atoms with Crippen molar-refractivity contribution in [3.8, 4) is 0 Å². The van der Waals surface area contributed by atoms with Gasteiger partial charge in [-0.1, -0.05) is 19.0 Å². The van der Waals surface area contributed by atoms with Gasteiger partial charge in [0.05, 0.1) is 5.92 Å². The smallest absolute Gasteiger partial charge is 0.244 e. The first kappa shape index (κ1) is 15.6. The van der Waals surface area contributed by atoms with Gasteiger partial charge in [0.2, 0.25) is 11.8 Å². The molecule has 23 heavy (non-hydrogen) atoms. The minimum Gasteiger partial charge on any atom is -0.340 e. The van der Waals surface area contributed by atoms with E-state index in [-0.39, 0.29) is 18.4 Å². The van der Waals surface area contributed by atoms with Crippen molar-refractivity contribution < 1.29 is 9.32 Å². The maximum atomic E-state index is 12.3. The third kappa shape index (κ3) is 3.91. The van der Waals surface area contributed by atoms with Crippen LogP contribution in [0.2, 0.25) is 0 Å². The second-order valence-corrected chi connectivity index (χ2v) is 6.33. The van der Waals surface area contributed by atoms with E-state index in [1.165, 1.54) is 11.0 Å². The van der Waals surface area contributed by atoms with Gasteiger partial charge in [-0.15, -0.1) is 5.10 Å². The molecule has 0 bridgehead atoms. The highest BCUT2D eigenvalue weighted by molar-refractivity contribution is 5.76. The summed E-state index contributed by atoms with van der Waals surface area (Å²) in [7, 11) is 0. The van der Waals surface area contributed by atoms with Gasteiger partial charge < -0.3 is 9.42 Å². The van der Waals surface area contributed by atoms with Gasteiger partial charge in [-0.25, -0.2) is 4.68 Å². The van der Waals surface area contributed by atoms with Crippen molar-refractivity contribution in [1.82, 2.24) is 35.2 Å². The van der Waals surface area contributed by atoms with Crippen molar-refractivity contribution in [3.63, 3.8) is 0 Å². The third-order valence-electron chi connectivity index (χ3n) is 3.89. The lowest BCUT2D eigenvalue weighted by molar-refractivity contribution is -0.133. The Labute approximate surface area is 134 Å². The Kier molecular flexibility index (Phi) is 4.63. The molecule has 1 aliphatic heterocycles. The molecule has 0 aliphatic carbocycles. The number of likely N-dealkylation sites (tertiary alicyclic amines) is 1. The van der Waals surface area contributed by atoms with E-state index >= 15 is 0 Å². The highest BCUT2D eigenvalue weighted by atomic mass is 16.5. The summed E-state index contributed by atoms with van der Waals surface area (Å²) >= 11 is 0. The predicted molar refractivity (Wildman–Crippen MR) is 79.2 cm³/mol. The first-order chi connectivity index (χ1) is 11.1. The standard InChI is InChI=1S/C14H21N7O2/c1-10(2)6-12-16-14(23-17-12)11-4-3-5-20(7-11)13(22)8-21-9-15-18-19-21/h9-11H,3-8H2,1-2H3. The van der Waals surface area contributed by atoms with Gasteiger partial charge in [0, 0.05) is 19.5 Å². The summed E-state index contributed by atoms with van der Waals surface area (Å²) in [5.41, 5.74) is 0. The molecule has 2 aromatic heterocycles. The van der Waals surface area contributed by atoms with Crippen LogP contribution in [0.3, 0.4) is 0 Å². The molecule has 1 fully saturated rings. The van der Waals surface area contributed by atoms with Crippen LogP contribution in [0, 0.1) is 5.92 Å². The Morgan fingerprint density at radius 3 is 3.09 bits per heavy atom. The summed E-state index contributed by atoms with van der Waals surface area (Å²) in [6.07, 6.45) is 4.12. The topological polar surface area (TPSA) is 103 Å². The Hall–Kier alpha value is -2.32. The van der Waals surface area contributed by atoms with Crippen LogP contribution >= 0.6 is 0 Å². The highest BCUT2D eigenvalue weighted by Gasteiger charge is 2.28. The maximum Gasteiger partial charge on any atom is 0.244 e. The zero-order valence-corrected chi connectivity index (χ0v) is 13.4. The van der Waals surface area contributed by atoms with E-state index in [4.69, 9.17) is 4.52 Å². The van der Waals surface area contributed by atoms with E-state index in [0.717, 1.165) is 31.6 Å². The summed E-state index contributed by atoms with van der Waals surface area (Å²) in [5, 5.41) is 14.8. The first-order valence-electron chi connectivity index (χ1n) is 7.93. The van der Waals surface area contributed by atoms with Gasteiger partial charge in [0.15, 0.2) is 5.82 Å². The molecule has 3 rings (SSSR count). The van der Waals surface area contributed by atoms with E-state index in [2.05, 4.69) is 39.5 Å². The average molecular weight is 319 g/mol. The van der Waals surface area contributed by atoms with Crippen molar-refractivity contribution in [3.05, 3.63) is 18.0 Å². The lowest BCUT2D eigenvalue weighted by Gasteiger charge is -2.30. The van der Waals surface area contributed by atoms with Crippen LogP contribution < -0.4 is 0 Å². The van der Waals surface area contributed by atoms with Gasteiger partial charge in [-0.2, -0.15) is 4.98 Å². The molecule has 1 unspecified atom stereocenters. The molecule has 1 aliphatic rings. The molecule has 3 heterocycles. The molecule has 0 aromatic carbocycles. The number of rotatable bonds is 5. The van der Waals surface area contributed by atoms with Crippen LogP contribution in [0.5, 0.6) is 0 Å². The van der Waals surface area contributed by atoms with E-state index in [1.54, 1.807) is 0 Å². The van der Waals surface area contributed by atoms with Crippen molar-refractivity contribution in [2.75, 3.05) is 13.1 Å². The molecule has 0 saturated carbocycles. The molecule has 124 valence electrons. The average Bonchev–Trinajstić information content (AvgIpc) is 3.18. The first-order valence-corrected chi connectivity index (χ1v) is 7.93. The molecular weight excluding hydrogens is 298 g/mol. The van der Waals surface area contributed by atoms with E-state index < -0.39 is 0 Å². The summed E-state index contributed by atoms with van der Waals surface area (Å²) in [4.78, 5) is 18.6. The van der Waals surface area contributed by atoms with E-state index in [0.29, 0.717) is 18.4 Å². The lowest BCUT2D eigenvalue weighted by atomic mass is 9.98. The summed E-state index contributed by atoms with van der Waals surface area (Å²) in [6, 6.07) is 0. The van der Waals surface area contributed by atoms with Crippen molar-refractivity contribution in [2.24, 2.45) is 5.92 Å². The zero-order chi connectivity index (χ0) is 16.2. The third-order valence-corrected chi connectivity index (χ3v) is 3.89. The summed E-state index contributed by atoms with van der Waals surface area (Å²) in [6.45, 7) is 5.74. The van der Waals surface area contributed by atoms with E-state index in [9.17, 15) is 4.79 Å². The van der Waals surface area contributed by atoms with Crippen molar-refractivity contribution >= 4 is 5.91 Å². The quantitative estimate of drug-likeness (QED) is 0.797. The normalized spacial score (nSPS) is 18.6. The summed E-state index contributed by atoms with van der Waals surface area (Å²) in [5.74, 6) is 1.98. The number of carbonyl (C=O) groups is 1. The number of carbonyl (C=O) groups excluding carboxylic acids is 1. The number of piperidine rings is 1. The van der Waals surface area contributed by atoms with Crippen LogP contribution in [-0.2, 0) is 17.8 Å². The summed E-state index contributed by atoms with van der Waals surface area (Å²) < 4.78 is 6.83. The number of tetrazole rings is 1. The molecule has 9 heteroatoms. The Bertz CT molecular complexity index is 637. The van der Waals surface area contributed by atoms with Gasteiger partial charge in [-0.05, 0) is 29.2 Å². The highest BCUT2D eigenvalue weighted by Crippen LogP contribution is 2.26. The molecule has 2 aromatic rings. The second-order valence-electron chi connectivity index (χ2n) is 6.33. The van der Waals surface area contributed by atoms with Crippen LogP contribution in [0.15, 0.2) is 10.9 Å². The number of amides is 1. The molecule has 9 nitrogen and oxygen atoms in total.